The Labute approximate surface area is 102 Å². The van der Waals surface area contributed by atoms with Crippen LogP contribution in [0.2, 0.25) is 0 Å². The van der Waals surface area contributed by atoms with E-state index in [4.69, 9.17) is 4.74 Å². The Morgan fingerprint density at radius 1 is 1.12 bits per heavy atom. The first-order chi connectivity index (χ1) is 7.74. The molecule has 0 saturated carbocycles. The fourth-order valence-corrected chi connectivity index (χ4v) is 1.86. The van der Waals surface area contributed by atoms with Crippen LogP contribution in [0.1, 0.15) is 59.8 Å². The second kappa shape index (κ2) is 11.4. The SMILES string of the molecule is CCCCC(CC)COCCC(C)NCC. The molecule has 0 aromatic rings. The summed E-state index contributed by atoms with van der Waals surface area (Å²) in [5.74, 6) is 0.773. The van der Waals surface area contributed by atoms with E-state index in [1.807, 2.05) is 0 Å². The fourth-order valence-electron chi connectivity index (χ4n) is 1.86. The molecule has 0 heterocycles. The van der Waals surface area contributed by atoms with E-state index in [9.17, 15) is 0 Å². The molecule has 2 nitrogen and oxygen atoms in total. The number of nitrogens with one attached hydrogen (secondary N) is 1. The summed E-state index contributed by atoms with van der Waals surface area (Å²) in [6.07, 6.45) is 6.35. The summed E-state index contributed by atoms with van der Waals surface area (Å²) < 4.78 is 5.76. The van der Waals surface area contributed by atoms with E-state index in [0.29, 0.717) is 6.04 Å². The molecule has 2 unspecified atom stereocenters. The summed E-state index contributed by atoms with van der Waals surface area (Å²) in [5.41, 5.74) is 0. The summed E-state index contributed by atoms with van der Waals surface area (Å²) in [6, 6.07) is 0.584. The Bertz CT molecular complexity index is 139. The van der Waals surface area contributed by atoms with Crippen molar-refractivity contribution in [2.45, 2.75) is 65.8 Å². The molecule has 2 heteroatoms. The van der Waals surface area contributed by atoms with Gasteiger partial charge < -0.3 is 10.1 Å². The Morgan fingerprint density at radius 2 is 1.88 bits per heavy atom. The lowest BCUT2D eigenvalue weighted by Gasteiger charge is -2.16. The van der Waals surface area contributed by atoms with Crippen molar-refractivity contribution >= 4 is 0 Å². The van der Waals surface area contributed by atoms with Gasteiger partial charge in [0, 0.05) is 19.3 Å². The smallest absolute Gasteiger partial charge is 0.0494 e. The van der Waals surface area contributed by atoms with Gasteiger partial charge in [0.05, 0.1) is 0 Å². The molecular formula is C14H31NO. The molecule has 0 aliphatic rings. The number of hydrogen-bond donors (Lipinski definition) is 1. The molecule has 0 spiro atoms. The highest BCUT2D eigenvalue weighted by Gasteiger charge is 2.06. The zero-order valence-corrected chi connectivity index (χ0v) is 11.7. The van der Waals surface area contributed by atoms with Crippen LogP contribution >= 0.6 is 0 Å². The van der Waals surface area contributed by atoms with Gasteiger partial charge in [-0.25, -0.2) is 0 Å². The molecule has 98 valence electrons. The van der Waals surface area contributed by atoms with Gasteiger partial charge in [0.25, 0.3) is 0 Å². The van der Waals surface area contributed by atoms with Crippen LogP contribution in [0.3, 0.4) is 0 Å². The lowest BCUT2D eigenvalue weighted by molar-refractivity contribution is 0.0877. The van der Waals surface area contributed by atoms with Gasteiger partial charge >= 0.3 is 0 Å². The summed E-state index contributed by atoms with van der Waals surface area (Å²) in [4.78, 5) is 0. The maximum absolute atomic E-state index is 5.76. The maximum Gasteiger partial charge on any atom is 0.0494 e. The molecular weight excluding hydrogens is 198 g/mol. The molecule has 0 fully saturated rings. The van der Waals surface area contributed by atoms with Crippen LogP contribution < -0.4 is 5.32 Å². The van der Waals surface area contributed by atoms with Crippen molar-refractivity contribution in [2.24, 2.45) is 5.92 Å². The van der Waals surface area contributed by atoms with Crippen LogP contribution in [0.15, 0.2) is 0 Å². The van der Waals surface area contributed by atoms with Gasteiger partial charge in [-0.05, 0) is 32.2 Å². The highest BCUT2D eigenvalue weighted by atomic mass is 16.5. The first-order valence-electron chi connectivity index (χ1n) is 7.05. The van der Waals surface area contributed by atoms with Crippen molar-refractivity contribution in [3.63, 3.8) is 0 Å². The van der Waals surface area contributed by atoms with Crippen molar-refractivity contribution in [1.29, 1.82) is 0 Å². The van der Waals surface area contributed by atoms with Crippen molar-refractivity contribution in [3.05, 3.63) is 0 Å². The van der Waals surface area contributed by atoms with E-state index >= 15 is 0 Å². The predicted octanol–water partition coefficient (Wildman–Crippen LogP) is 3.61. The highest BCUT2D eigenvalue weighted by molar-refractivity contribution is 4.59. The van der Waals surface area contributed by atoms with Gasteiger partial charge in [0.2, 0.25) is 0 Å². The van der Waals surface area contributed by atoms with E-state index < -0.39 is 0 Å². The third-order valence-corrected chi connectivity index (χ3v) is 3.14. The molecule has 0 bridgehead atoms. The minimum atomic E-state index is 0.584. The third-order valence-electron chi connectivity index (χ3n) is 3.14. The van der Waals surface area contributed by atoms with Crippen LogP contribution in [-0.2, 0) is 4.74 Å². The largest absolute Gasteiger partial charge is 0.381 e. The lowest BCUT2D eigenvalue weighted by atomic mass is 10.0. The first-order valence-corrected chi connectivity index (χ1v) is 7.05. The average molecular weight is 229 g/mol. The standard InChI is InChI=1S/C14H31NO/c1-5-8-9-14(6-2)12-16-11-10-13(4)15-7-3/h13-15H,5-12H2,1-4H3. The Balaban J connectivity index is 3.39. The molecule has 0 aromatic heterocycles. The topological polar surface area (TPSA) is 21.3 Å². The van der Waals surface area contributed by atoms with Crippen molar-refractivity contribution < 1.29 is 4.74 Å². The van der Waals surface area contributed by atoms with Gasteiger partial charge in [-0.1, -0.05) is 40.0 Å². The molecule has 16 heavy (non-hydrogen) atoms. The van der Waals surface area contributed by atoms with Crippen molar-refractivity contribution in [2.75, 3.05) is 19.8 Å². The minimum absolute atomic E-state index is 0.584. The van der Waals surface area contributed by atoms with E-state index in [0.717, 1.165) is 32.1 Å². The molecule has 0 aliphatic heterocycles. The molecule has 0 saturated heterocycles. The molecule has 0 amide bonds. The lowest BCUT2D eigenvalue weighted by Crippen LogP contribution is -2.27. The van der Waals surface area contributed by atoms with Crippen molar-refractivity contribution in [3.8, 4) is 0 Å². The van der Waals surface area contributed by atoms with Crippen LogP contribution in [0.25, 0.3) is 0 Å². The number of unbranched alkanes of at least 4 members (excludes halogenated alkanes) is 1. The molecule has 0 radical (unpaired) electrons. The predicted molar refractivity (Wildman–Crippen MR) is 71.9 cm³/mol. The minimum Gasteiger partial charge on any atom is -0.381 e. The van der Waals surface area contributed by atoms with Gasteiger partial charge in [0.15, 0.2) is 0 Å². The molecule has 0 rings (SSSR count). The van der Waals surface area contributed by atoms with E-state index in [2.05, 4.69) is 33.0 Å². The molecule has 0 aromatic carbocycles. The molecule has 0 aliphatic carbocycles. The quantitative estimate of drug-likeness (QED) is 0.547. The molecule has 1 N–H and O–H groups in total. The number of hydrogen-bond acceptors (Lipinski definition) is 2. The monoisotopic (exact) mass is 229 g/mol. The summed E-state index contributed by atoms with van der Waals surface area (Å²) >= 11 is 0. The Morgan fingerprint density at radius 3 is 2.44 bits per heavy atom. The third kappa shape index (κ3) is 9.17. The summed E-state index contributed by atoms with van der Waals surface area (Å²) in [7, 11) is 0. The van der Waals surface area contributed by atoms with Crippen LogP contribution in [-0.4, -0.2) is 25.8 Å². The fraction of sp³-hybridized carbons (Fsp3) is 1.00. The van der Waals surface area contributed by atoms with Gasteiger partial charge in [-0.15, -0.1) is 0 Å². The highest BCUT2D eigenvalue weighted by Crippen LogP contribution is 2.12. The van der Waals surface area contributed by atoms with Crippen molar-refractivity contribution in [1.82, 2.24) is 5.32 Å². The van der Waals surface area contributed by atoms with Gasteiger partial charge in [0.1, 0.15) is 0 Å². The Hall–Kier alpha value is -0.0800. The Kier molecular flexibility index (Phi) is 11.3. The molecule has 2 atom stereocenters. The zero-order chi connectivity index (χ0) is 12.2. The average Bonchev–Trinajstić information content (AvgIpc) is 2.28. The van der Waals surface area contributed by atoms with Gasteiger partial charge in [-0.2, -0.15) is 0 Å². The zero-order valence-electron chi connectivity index (χ0n) is 11.7. The van der Waals surface area contributed by atoms with Gasteiger partial charge in [-0.3, -0.25) is 0 Å². The number of rotatable bonds is 11. The van der Waals surface area contributed by atoms with E-state index in [-0.39, 0.29) is 0 Å². The summed E-state index contributed by atoms with van der Waals surface area (Å²) in [6.45, 7) is 11.8. The number of ether oxygens (including phenoxy) is 1. The van der Waals surface area contributed by atoms with E-state index in [1.165, 1.54) is 25.7 Å². The van der Waals surface area contributed by atoms with Crippen LogP contribution in [0.5, 0.6) is 0 Å². The second-order valence-corrected chi connectivity index (χ2v) is 4.74. The van der Waals surface area contributed by atoms with Crippen LogP contribution in [0, 0.1) is 5.92 Å². The van der Waals surface area contributed by atoms with E-state index in [1.54, 1.807) is 0 Å². The van der Waals surface area contributed by atoms with Crippen LogP contribution in [0.4, 0.5) is 0 Å². The first kappa shape index (κ1) is 15.9. The maximum atomic E-state index is 5.76. The normalized spacial score (nSPS) is 15.0. The second-order valence-electron chi connectivity index (χ2n) is 4.74. The summed E-state index contributed by atoms with van der Waals surface area (Å²) in [5, 5.41) is 3.40.